The first-order chi connectivity index (χ1) is 28.7. The molecule has 62 heavy (non-hydrogen) atoms. The van der Waals surface area contributed by atoms with E-state index in [-0.39, 0.29) is 44.6 Å². The Hall–Kier alpha value is -4.24. The molecule has 2 nitrogen and oxygen atoms in total. The van der Waals surface area contributed by atoms with Crippen molar-refractivity contribution in [2.75, 3.05) is 4.90 Å². The Morgan fingerprint density at radius 3 is 1.92 bits per heavy atom. The summed E-state index contributed by atoms with van der Waals surface area (Å²) in [6.07, 6.45) is 8.74. The molecule has 1 aromatic heterocycles. The molecule has 3 heterocycles. The van der Waals surface area contributed by atoms with E-state index in [1.54, 1.807) is 11.1 Å². The van der Waals surface area contributed by atoms with E-state index in [2.05, 4.69) is 193 Å². The SMILES string of the molecule is CC1(C)CCC(C)(C)C2=C1C=C1C(C2)B2c3c(cc(C(C)(C)C)cc3-n3c4c(c5cc(C(C)(C)C)cc2c53)-c2ccccc2C4(C)C)N1c1ccc2c(c1)C(C)(C)CCC2(C)C. The van der Waals surface area contributed by atoms with Gasteiger partial charge in [0.25, 0.3) is 0 Å². The van der Waals surface area contributed by atoms with Gasteiger partial charge >= 0.3 is 0 Å². The van der Waals surface area contributed by atoms with Gasteiger partial charge < -0.3 is 9.47 Å². The van der Waals surface area contributed by atoms with Crippen LogP contribution in [0, 0.1) is 10.8 Å². The molecule has 5 aromatic rings. The lowest BCUT2D eigenvalue weighted by atomic mass is 9.28. The van der Waals surface area contributed by atoms with Gasteiger partial charge in [-0.15, -0.1) is 0 Å². The second-order valence-corrected chi connectivity index (χ2v) is 26.0. The van der Waals surface area contributed by atoms with Crippen LogP contribution in [0.4, 0.5) is 11.4 Å². The zero-order valence-electron chi connectivity index (χ0n) is 41.0. The number of aromatic nitrogens is 1. The number of benzene rings is 4. The van der Waals surface area contributed by atoms with Crippen LogP contribution in [0.15, 0.2) is 89.6 Å². The van der Waals surface area contributed by atoms with Gasteiger partial charge in [-0.3, -0.25) is 0 Å². The summed E-state index contributed by atoms with van der Waals surface area (Å²) < 4.78 is 2.81. The maximum atomic E-state index is 2.81. The minimum atomic E-state index is -0.167. The van der Waals surface area contributed by atoms with Crippen molar-refractivity contribution in [3.63, 3.8) is 0 Å². The van der Waals surface area contributed by atoms with E-state index in [9.17, 15) is 0 Å². The average molecular weight is 819 g/mol. The van der Waals surface area contributed by atoms with Crippen molar-refractivity contribution in [1.82, 2.24) is 4.57 Å². The van der Waals surface area contributed by atoms with Crippen molar-refractivity contribution in [3.8, 4) is 16.8 Å². The first-order valence-electron chi connectivity index (χ1n) is 24.2. The predicted octanol–water partition coefficient (Wildman–Crippen LogP) is 14.8. The topological polar surface area (TPSA) is 8.17 Å². The molecule has 320 valence electrons. The molecule has 0 amide bonds. The van der Waals surface area contributed by atoms with Crippen LogP contribution in [0.25, 0.3) is 27.7 Å². The first-order valence-corrected chi connectivity index (χ1v) is 24.2. The Bertz CT molecular complexity index is 2880. The van der Waals surface area contributed by atoms with Crippen LogP contribution in [0.3, 0.4) is 0 Å². The van der Waals surface area contributed by atoms with Gasteiger partial charge in [0.15, 0.2) is 0 Å². The maximum absolute atomic E-state index is 2.81. The molecule has 4 aliphatic carbocycles. The summed E-state index contributed by atoms with van der Waals surface area (Å²) >= 11 is 0. The van der Waals surface area contributed by atoms with Crippen LogP contribution in [0.1, 0.15) is 176 Å². The highest BCUT2D eigenvalue weighted by molar-refractivity contribution is 6.91. The highest BCUT2D eigenvalue weighted by atomic mass is 15.2. The molecule has 0 fully saturated rings. The smallest absolute Gasteiger partial charge is 0.226 e. The highest BCUT2D eigenvalue weighted by Crippen LogP contribution is 2.61. The standard InChI is InChI=1S/C59H71BN2/c1-53(2,3)34-27-38-49-37-19-17-18-20-39(37)59(15,16)52(49)62-48-30-35(54(4,5)6)29-47-50(48)60(45(28-34)51(38)62)44-32-42-43(58(13,14)26-25-57(42,11)12)33-46(44)61(47)36-21-22-40-41(31-36)56(9,10)24-23-55(40,7)8/h17-22,27-31,33,44H,23-26,32H2,1-16H3. The number of rotatable bonds is 1. The average Bonchev–Trinajstić information content (AvgIpc) is 3.66. The van der Waals surface area contributed by atoms with E-state index in [1.165, 1.54) is 115 Å². The van der Waals surface area contributed by atoms with Crippen LogP contribution >= 0.6 is 0 Å². The van der Waals surface area contributed by atoms with Gasteiger partial charge in [0.1, 0.15) is 0 Å². The first kappa shape index (κ1) is 40.5. The molecule has 0 radical (unpaired) electrons. The predicted molar refractivity (Wildman–Crippen MR) is 267 cm³/mol. The molecule has 0 bridgehead atoms. The van der Waals surface area contributed by atoms with Crippen LogP contribution in [-0.2, 0) is 27.1 Å². The third kappa shape index (κ3) is 5.29. The largest absolute Gasteiger partial charge is 0.315 e. The van der Waals surface area contributed by atoms with Crippen molar-refractivity contribution >= 4 is 39.9 Å². The summed E-state index contributed by atoms with van der Waals surface area (Å²) in [5.41, 5.74) is 25.5. The fourth-order valence-corrected chi connectivity index (χ4v) is 13.5. The zero-order chi connectivity index (χ0) is 44.2. The van der Waals surface area contributed by atoms with Crippen molar-refractivity contribution in [2.24, 2.45) is 10.8 Å². The molecule has 1 atom stereocenters. The van der Waals surface area contributed by atoms with Gasteiger partial charge in [0, 0.05) is 50.3 Å². The molecule has 2 aliphatic heterocycles. The number of hydrogen-bond donors (Lipinski definition) is 0. The molecular formula is C59H71BN2. The monoisotopic (exact) mass is 819 g/mol. The second-order valence-electron chi connectivity index (χ2n) is 26.0. The van der Waals surface area contributed by atoms with E-state index < -0.39 is 0 Å². The Balaban J connectivity index is 1.31. The Labute approximate surface area is 374 Å². The molecule has 1 unspecified atom stereocenters. The molecular weight excluding hydrogens is 747 g/mol. The summed E-state index contributed by atoms with van der Waals surface area (Å²) in [5, 5.41) is 1.44. The molecule has 0 N–H and O–H groups in total. The number of nitrogens with zero attached hydrogens (tertiary/aromatic N) is 2. The fourth-order valence-electron chi connectivity index (χ4n) is 13.5. The van der Waals surface area contributed by atoms with Gasteiger partial charge in [-0.05, 0) is 157 Å². The van der Waals surface area contributed by atoms with Gasteiger partial charge in [0.2, 0.25) is 6.71 Å². The van der Waals surface area contributed by atoms with Crippen LogP contribution in [0.5, 0.6) is 0 Å². The fraction of sp³-hybridized carbons (Fsp3) is 0.492. The second kappa shape index (κ2) is 12.1. The van der Waals surface area contributed by atoms with E-state index >= 15 is 0 Å². The van der Waals surface area contributed by atoms with Gasteiger partial charge in [0.05, 0.1) is 0 Å². The lowest BCUT2D eigenvalue weighted by Crippen LogP contribution is -2.58. The van der Waals surface area contributed by atoms with E-state index in [1.807, 2.05) is 0 Å². The van der Waals surface area contributed by atoms with Crippen molar-refractivity contribution in [3.05, 3.63) is 123 Å². The Morgan fingerprint density at radius 2 is 1.23 bits per heavy atom. The molecule has 11 rings (SSSR count). The maximum Gasteiger partial charge on any atom is 0.226 e. The van der Waals surface area contributed by atoms with Crippen LogP contribution in [-0.4, -0.2) is 11.3 Å². The molecule has 0 saturated carbocycles. The summed E-state index contributed by atoms with van der Waals surface area (Å²) in [6.45, 7) is 39.8. The minimum Gasteiger partial charge on any atom is -0.315 e. The number of fused-ring (bicyclic) bond motifs is 10. The summed E-state index contributed by atoms with van der Waals surface area (Å²) in [4.78, 5) is 2.81. The summed E-state index contributed by atoms with van der Waals surface area (Å²) in [7, 11) is 0. The third-order valence-electron chi connectivity index (χ3n) is 17.6. The lowest BCUT2D eigenvalue weighted by Gasteiger charge is -2.52. The van der Waals surface area contributed by atoms with E-state index in [4.69, 9.17) is 0 Å². The summed E-state index contributed by atoms with van der Waals surface area (Å²) in [6, 6.07) is 27.6. The number of anilines is 2. The van der Waals surface area contributed by atoms with Gasteiger partial charge in [-0.25, -0.2) is 0 Å². The van der Waals surface area contributed by atoms with Gasteiger partial charge in [-0.2, -0.15) is 0 Å². The molecule has 6 aliphatic rings. The van der Waals surface area contributed by atoms with Gasteiger partial charge in [-0.1, -0.05) is 153 Å². The van der Waals surface area contributed by atoms with E-state index in [0.29, 0.717) is 5.82 Å². The molecule has 3 heteroatoms. The van der Waals surface area contributed by atoms with Crippen molar-refractivity contribution in [2.45, 2.75) is 176 Å². The highest BCUT2D eigenvalue weighted by Gasteiger charge is 2.54. The third-order valence-corrected chi connectivity index (χ3v) is 17.6. The molecule has 0 saturated heterocycles. The minimum absolute atomic E-state index is 0.00670. The number of allylic oxidation sites excluding steroid dienone is 4. The van der Waals surface area contributed by atoms with Crippen LogP contribution < -0.4 is 15.8 Å². The molecule has 0 spiro atoms. The quantitative estimate of drug-likeness (QED) is 0.153. The Kier molecular flexibility index (Phi) is 7.91. The normalized spacial score (nSPS) is 23.0. The number of hydrogen-bond acceptors (Lipinski definition) is 1. The summed E-state index contributed by atoms with van der Waals surface area (Å²) in [5.74, 6) is 0.298. The van der Waals surface area contributed by atoms with Crippen molar-refractivity contribution < 1.29 is 0 Å². The Morgan fingerprint density at radius 1 is 0.613 bits per heavy atom. The zero-order valence-corrected chi connectivity index (χ0v) is 41.0. The molecule has 4 aromatic carbocycles. The van der Waals surface area contributed by atoms with E-state index in [0.717, 1.165) is 6.42 Å². The van der Waals surface area contributed by atoms with Crippen molar-refractivity contribution in [1.29, 1.82) is 0 Å². The lowest BCUT2D eigenvalue weighted by molar-refractivity contribution is 0.257. The van der Waals surface area contributed by atoms with Crippen LogP contribution in [0.2, 0.25) is 5.82 Å².